The van der Waals surface area contributed by atoms with Gasteiger partial charge >= 0.3 is 0 Å². The summed E-state index contributed by atoms with van der Waals surface area (Å²) in [7, 11) is 0. The van der Waals surface area contributed by atoms with Crippen molar-refractivity contribution in [1.29, 1.82) is 0 Å². The minimum atomic E-state index is -0.102. The van der Waals surface area contributed by atoms with E-state index in [1.807, 2.05) is 62.1 Å². The normalized spacial score (nSPS) is 10.8. The first-order valence-electron chi connectivity index (χ1n) is 8.87. The highest BCUT2D eigenvalue weighted by Gasteiger charge is 2.14. The quantitative estimate of drug-likeness (QED) is 0.709. The number of benzene rings is 1. The molecule has 0 saturated heterocycles. The molecule has 2 rings (SSSR count). The molecule has 5 nitrogen and oxygen atoms in total. The average molecular weight is 374 g/mol. The molecule has 0 radical (unpaired) electrons. The molecule has 1 aromatic heterocycles. The van der Waals surface area contributed by atoms with Crippen molar-refractivity contribution in [2.24, 2.45) is 0 Å². The minimum Gasteiger partial charge on any atom is -0.350 e. The molecular weight excluding hydrogens is 346 g/mol. The van der Waals surface area contributed by atoms with E-state index < -0.39 is 0 Å². The average Bonchev–Trinajstić information content (AvgIpc) is 3.01. The zero-order valence-corrected chi connectivity index (χ0v) is 16.5. The number of para-hydroxylation sites is 1. The van der Waals surface area contributed by atoms with Crippen molar-refractivity contribution in [3.05, 3.63) is 51.7 Å². The molecule has 26 heavy (non-hydrogen) atoms. The summed E-state index contributed by atoms with van der Waals surface area (Å²) in [6.07, 6.45) is 0.884. The van der Waals surface area contributed by atoms with E-state index in [2.05, 4.69) is 10.6 Å². The van der Waals surface area contributed by atoms with Crippen LogP contribution in [0.15, 0.2) is 36.4 Å². The lowest BCUT2D eigenvalue weighted by Gasteiger charge is -2.20. The van der Waals surface area contributed by atoms with Crippen molar-refractivity contribution in [3.63, 3.8) is 0 Å². The van der Waals surface area contributed by atoms with Crippen LogP contribution in [0.5, 0.6) is 0 Å². The van der Waals surface area contributed by atoms with E-state index in [0.717, 1.165) is 22.5 Å². The van der Waals surface area contributed by atoms with Gasteiger partial charge in [0.05, 0.1) is 19.6 Å². The van der Waals surface area contributed by atoms with Gasteiger partial charge in [0.2, 0.25) is 11.8 Å². The second kappa shape index (κ2) is 10.1. The molecule has 0 atom stereocenters. The van der Waals surface area contributed by atoms with Gasteiger partial charge in [-0.05, 0) is 50.6 Å². The van der Waals surface area contributed by atoms with E-state index >= 15 is 0 Å². The molecule has 6 heteroatoms. The summed E-state index contributed by atoms with van der Waals surface area (Å²) in [5.74, 6) is -0.164. The molecule has 1 heterocycles. The van der Waals surface area contributed by atoms with E-state index in [-0.39, 0.29) is 24.9 Å². The number of hydrogen-bond acceptors (Lipinski definition) is 4. The van der Waals surface area contributed by atoms with Gasteiger partial charge in [0.1, 0.15) is 0 Å². The second-order valence-corrected chi connectivity index (χ2v) is 7.74. The number of nitrogens with zero attached hydrogens (tertiary/aromatic N) is 1. The zero-order chi connectivity index (χ0) is 18.9. The molecular formula is C20H27N3O2S. The van der Waals surface area contributed by atoms with Gasteiger partial charge in [-0.3, -0.25) is 14.5 Å². The minimum absolute atomic E-state index is 0.0619. The van der Waals surface area contributed by atoms with Crippen LogP contribution in [0.25, 0.3) is 0 Å². The summed E-state index contributed by atoms with van der Waals surface area (Å²) in [6, 6.07) is 11.7. The Balaban J connectivity index is 1.83. The van der Waals surface area contributed by atoms with Gasteiger partial charge in [-0.25, -0.2) is 0 Å². The van der Waals surface area contributed by atoms with Gasteiger partial charge in [-0.1, -0.05) is 25.1 Å². The van der Waals surface area contributed by atoms with Crippen molar-refractivity contribution in [1.82, 2.24) is 10.2 Å². The highest BCUT2D eigenvalue weighted by molar-refractivity contribution is 7.11. The Morgan fingerprint density at radius 1 is 1.04 bits per heavy atom. The smallest absolute Gasteiger partial charge is 0.238 e. The van der Waals surface area contributed by atoms with Gasteiger partial charge in [-0.2, -0.15) is 0 Å². The SMILES string of the molecule is CCCN(CC(=O)NCc1ccc(C)s1)CC(=O)Nc1ccccc1C. The Labute approximate surface area is 159 Å². The molecule has 2 amide bonds. The van der Waals surface area contributed by atoms with Crippen LogP contribution in [0, 0.1) is 13.8 Å². The molecule has 0 aliphatic rings. The molecule has 0 spiro atoms. The molecule has 1 aromatic carbocycles. The number of amides is 2. The van der Waals surface area contributed by atoms with Crippen LogP contribution >= 0.6 is 11.3 Å². The van der Waals surface area contributed by atoms with Crippen molar-refractivity contribution >= 4 is 28.8 Å². The Morgan fingerprint density at radius 3 is 2.42 bits per heavy atom. The van der Waals surface area contributed by atoms with Crippen LogP contribution < -0.4 is 10.6 Å². The maximum Gasteiger partial charge on any atom is 0.238 e. The number of rotatable bonds is 9. The predicted octanol–water partition coefficient (Wildman–Crippen LogP) is 3.33. The first-order chi connectivity index (χ1) is 12.5. The van der Waals surface area contributed by atoms with E-state index in [0.29, 0.717) is 13.1 Å². The number of hydrogen-bond donors (Lipinski definition) is 2. The highest BCUT2D eigenvalue weighted by atomic mass is 32.1. The lowest BCUT2D eigenvalue weighted by molar-refractivity contribution is -0.123. The largest absolute Gasteiger partial charge is 0.350 e. The van der Waals surface area contributed by atoms with Crippen molar-refractivity contribution in [2.75, 3.05) is 25.0 Å². The third-order valence-corrected chi connectivity index (χ3v) is 4.95. The van der Waals surface area contributed by atoms with E-state index in [1.165, 1.54) is 4.88 Å². The summed E-state index contributed by atoms with van der Waals surface area (Å²) < 4.78 is 0. The molecule has 0 aliphatic carbocycles. The molecule has 0 aliphatic heterocycles. The highest BCUT2D eigenvalue weighted by Crippen LogP contribution is 2.14. The zero-order valence-electron chi connectivity index (χ0n) is 15.7. The van der Waals surface area contributed by atoms with Crippen LogP contribution in [0.4, 0.5) is 5.69 Å². The van der Waals surface area contributed by atoms with Crippen LogP contribution in [0.2, 0.25) is 0 Å². The standard InChI is InChI=1S/C20H27N3O2S/c1-4-11-23(13-19(24)21-12-17-10-9-16(3)26-17)14-20(25)22-18-8-6-5-7-15(18)2/h5-10H,4,11-14H2,1-3H3,(H,21,24)(H,22,25). The van der Waals surface area contributed by atoms with Gasteiger partial charge in [0.25, 0.3) is 0 Å². The van der Waals surface area contributed by atoms with Gasteiger partial charge < -0.3 is 10.6 Å². The number of carbonyl (C=O) groups excluding carboxylic acids is 2. The fourth-order valence-electron chi connectivity index (χ4n) is 2.66. The third kappa shape index (κ3) is 6.61. The molecule has 0 bridgehead atoms. The van der Waals surface area contributed by atoms with Crippen LogP contribution in [0.3, 0.4) is 0 Å². The van der Waals surface area contributed by atoms with Crippen molar-refractivity contribution < 1.29 is 9.59 Å². The van der Waals surface area contributed by atoms with E-state index in [4.69, 9.17) is 0 Å². The van der Waals surface area contributed by atoms with Crippen LogP contribution in [0.1, 0.15) is 28.7 Å². The molecule has 0 fully saturated rings. The van der Waals surface area contributed by atoms with E-state index in [9.17, 15) is 9.59 Å². The predicted molar refractivity (Wildman–Crippen MR) is 107 cm³/mol. The third-order valence-electron chi connectivity index (χ3n) is 3.95. The van der Waals surface area contributed by atoms with Gasteiger partial charge in [0, 0.05) is 15.4 Å². The molecule has 2 aromatic rings. The summed E-state index contributed by atoms with van der Waals surface area (Å²) in [6.45, 7) is 7.70. The van der Waals surface area contributed by atoms with Crippen LogP contribution in [-0.4, -0.2) is 36.3 Å². The summed E-state index contributed by atoms with van der Waals surface area (Å²) in [4.78, 5) is 28.8. The van der Waals surface area contributed by atoms with Crippen molar-refractivity contribution in [3.8, 4) is 0 Å². The van der Waals surface area contributed by atoms with Crippen LogP contribution in [-0.2, 0) is 16.1 Å². The molecule has 2 N–H and O–H groups in total. The number of carbonyl (C=O) groups is 2. The maximum atomic E-state index is 12.3. The first-order valence-corrected chi connectivity index (χ1v) is 9.69. The van der Waals surface area contributed by atoms with Gasteiger partial charge in [0.15, 0.2) is 0 Å². The number of nitrogens with one attached hydrogen (secondary N) is 2. The second-order valence-electron chi connectivity index (χ2n) is 6.36. The first kappa shape index (κ1) is 20.1. The fourth-order valence-corrected chi connectivity index (χ4v) is 3.49. The molecule has 0 saturated carbocycles. The Morgan fingerprint density at radius 2 is 1.77 bits per heavy atom. The van der Waals surface area contributed by atoms with E-state index in [1.54, 1.807) is 11.3 Å². The lowest BCUT2D eigenvalue weighted by Crippen LogP contribution is -2.41. The maximum absolute atomic E-state index is 12.3. The molecule has 0 unspecified atom stereocenters. The number of aryl methyl sites for hydroxylation is 2. The van der Waals surface area contributed by atoms with Gasteiger partial charge in [-0.15, -0.1) is 11.3 Å². The number of anilines is 1. The summed E-state index contributed by atoms with van der Waals surface area (Å²) >= 11 is 1.68. The summed E-state index contributed by atoms with van der Waals surface area (Å²) in [5, 5.41) is 5.85. The number of thiophene rings is 1. The molecule has 140 valence electrons. The monoisotopic (exact) mass is 373 g/mol. The Kier molecular flexibility index (Phi) is 7.81. The van der Waals surface area contributed by atoms with Crippen molar-refractivity contribution in [2.45, 2.75) is 33.7 Å². The summed E-state index contributed by atoms with van der Waals surface area (Å²) in [5.41, 5.74) is 1.83. The topological polar surface area (TPSA) is 61.4 Å². The Bertz CT molecular complexity index is 742. The Hall–Kier alpha value is -2.18. The lowest BCUT2D eigenvalue weighted by atomic mass is 10.2. The fraction of sp³-hybridized carbons (Fsp3) is 0.400.